The summed E-state index contributed by atoms with van der Waals surface area (Å²) in [6.45, 7) is 2.35. The summed E-state index contributed by atoms with van der Waals surface area (Å²) in [7, 11) is 0. The fraction of sp³-hybridized carbons (Fsp3) is 0.458. The van der Waals surface area contributed by atoms with E-state index in [1.54, 1.807) is 0 Å². The van der Waals surface area contributed by atoms with Crippen LogP contribution in [0.3, 0.4) is 0 Å². The van der Waals surface area contributed by atoms with E-state index in [1.165, 1.54) is 29.7 Å². The van der Waals surface area contributed by atoms with Gasteiger partial charge in [0.2, 0.25) is 5.91 Å². The maximum atomic E-state index is 12.8. The predicted molar refractivity (Wildman–Crippen MR) is 118 cm³/mol. The Balaban J connectivity index is 1.28. The van der Waals surface area contributed by atoms with Gasteiger partial charge in [-0.25, -0.2) is 9.50 Å². The van der Waals surface area contributed by atoms with Crippen LogP contribution in [-0.4, -0.2) is 40.1 Å². The quantitative estimate of drug-likeness (QED) is 0.711. The van der Waals surface area contributed by atoms with Crippen LogP contribution in [0.4, 0.5) is 5.82 Å². The largest absolute Gasteiger partial charge is 0.355 e. The molecule has 2 aliphatic rings. The summed E-state index contributed by atoms with van der Waals surface area (Å²) in [6.07, 6.45) is 11.2. The Morgan fingerprint density at radius 3 is 2.90 bits per heavy atom. The van der Waals surface area contributed by atoms with Crippen LogP contribution in [-0.2, 0) is 24.1 Å². The number of benzene rings is 1. The number of hydrogen-bond donors (Lipinski definition) is 1. The Kier molecular flexibility index (Phi) is 5.39. The molecule has 1 atom stereocenters. The highest BCUT2D eigenvalue weighted by molar-refractivity contribution is 5.80. The number of aryl methyl sites for hydroxylation is 2. The Morgan fingerprint density at radius 2 is 2.00 bits per heavy atom. The van der Waals surface area contributed by atoms with Gasteiger partial charge in [-0.3, -0.25) is 4.79 Å². The summed E-state index contributed by atoms with van der Waals surface area (Å²) in [5.74, 6) is 1.17. The second-order valence-corrected chi connectivity index (χ2v) is 8.49. The van der Waals surface area contributed by atoms with Gasteiger partial charge in [-0.15, -0.1) is 0 Å². The normalized spacial score (nSPS) is 18.9. The molecule has 6 nitrogen and oxygen atoms in total. The predicted octanol–water partition coefficient (Wildman–Crippen LogP) is 3.18. The van der Waals surface area contributed by atoms with Crippen LogP contribution >= 0.6 is 0 Å². The minimum atomic E-state index is 0.00956. The van der Waals surface area contributed by atoms with E-state index >= 15 is 0 Å². The third kappa shape index (κ3) is 3.78. The maximum Gasteiger partial charge on any atom is 0.224 e. The number of anilines is 1. The summed E-state index contributed by atoms with van der Waals surface area (Å²) in [5, 5.41) is 7.95. The molecule has 1 unspecified atom stereocenters. The monoisotopic (exact) mass is 403 g/mol. The second kappa shape index (κ2) is 8.46. The summed E-state index contributed by atoms with van der Waals surface area (Å²) in [4.78, 5) is 19.9. The molecule has 3 heterocycles. The molecule has 156 valence electrons. The zero-order valence-electron chi connectivity index (χ0n) is 17.4. The van der Waals surface area contributed by atoms with Crippen molar-refractivity contribution in [2.45, 2.75) is 44.9 Å². The van der Waals surface area contributed by atoms with Crippen LogP contribution in [0.1, 0.15) is 42.5 Å². The maximum absolute atomic E-state index is 12.8. The number of nitrogens with zero attached hydrogens (tertiary/aromatic N) is 4. The van der Waals surface area contributed by atoms with Gasteiger partial charge in [-0.1, -0.05) is 30.3 Å². The molecule has 3 aromatic rings. The van der Waals surface area contributed by atoms with Crippen molar-refractivity contribution in [3.8, 4) is 0 Å². The molecule has 0 radical (unpaired) electrons. The molecule has 0 saturated carbocycles. The molecule has 30 heavy (non-hydrogen) atoms. The van der Waals surface area contributed by atoms with Gasteiger partial charge in [0.15, 0.2) is 5.82 Å². The molecule has 1 saturated heterocycles. The SMILES string of the molecule is O=C(NCCc1ccccc1)C1CCCN(c2nccn3nc4c(c23)CCCC4)C1. The Morgan fingerprint density at radius 1 is 1.13 bits per heavy atom. The van der Waals surface area contributed by atoms with Crippen LogP contribution in [0.15, 0.2) is 42.7 Å². The Hall–Kier alpha value is -2.89. The molecule has 6 heteroatoms. The second-order valence-electron chi connectivity index (χ2n) is 8.49. The number of fused-ring (bicyclic) bond motifs is 3. The van der Waals surface area contributed by atoms with Gasteiger partial charge in [0, 0.05) is 37.6 Å². The highest BCUT2D eigenvalue weighted by Gasteiger charge is 2.29. The molecule has 0 spiro atoms. The van der Waals surface area contributed by atoms with Gasteiger partial charge in [0.1, 0.15) is 5.52 Å². The molecule has 1 N–H and O–H groups in total. The zero-order valence-corrected chi connectivity index (χ0v) is 17.4. The van der Waals surface area contributed by atoms with Crippen molar-refractivity contribution in [1.82, 2.24) is 19.9 Å². The molecule has 1 aliphatic carbocycles. The van der Waals surface area contributed by atoms with Crippen LogP contribution in [0, 0.1) is 5.92 Å². The summed E-state index contributed by atoms with van der Waals surface area (Å²) >= 11 is 0. The van der Waals surface area contributed by atoms with E-state index in [-0.39, 0.29) is 11.8 Å². The third-order valence-electron chi connectivity index (χ3n) is 6.45. The minimum Gasteiger partial charge on any atom is -0.355 e. The van der Waals surface area contributed by atoms with Crippen LogP contribution < -0.4 is 10.2 Å². The van der Waals surface area contributed by atoms with E-state index in [0.29, 0.717) is 6.54 Å². The van der Waals surface area contributed by atoms with Crippen molar-refractivity contribution in [3.05, 3.63) is 59.5 Å². The lowest BCUT2D eigenvalue weighted by Crippen LogP contribution is -2.44. The van der Waals surface area contributed by atoms with Crippen molar-refractivity contribution in [2.24, 2.45) is 5.92 Å². The molecule has 1 amide bonds. The van der Waals surface area contributed by atoms with Crippen molar-refractivity contribution in [2.75, 3.05) is 24.5 Å². The van der Waals surface area contributed by atoms with Gasteiger partial charge in [-0.2, -0.15) is 5.10 Å². The average molecular weight is 404 g/mol. The number of aromatic nitrogens is 3. The summed E-state index contributed by atoms with van der Waals surface area (Å²) < 4.78 is 2.00. The van der Waals surface area contributed by atoms with Gasteiger partial charge < -0.3 is 10.2 Å². The van der Waals surface area contributed by atoms with Crippen LogP contribution in [0.5, 0.6) is 0 Å². The van der Waals surface area contributed by atoms with Crippen LogP contribution in [0.2, 0.25) is 0 Å². The number of hydrogen-bond acceptors (Lipinski definition) is 4. The highest BCUT2D eigenvalue weighted by Crippen LogP contribution is 2.32. The highest BCUT2D eigenvalue weighted by atomic mass is 16.1. The first-order valence-electron chi connectivity index (χ1n) is 11.2. The van der Waals surface area contributed by atoms with E-state index in [4.69, 9.17) is 10.1 Å². The number of amides is 1. The number of nitrogens with one attached hydrogen (secondary N) is 1. The average Bonchev–Trinajstić information content (AvgIpc) is 3.19. The van der Waals surface area contributed by atoms with E-state index in [1.807, 2.05) is 35.1 Å². The number of carbonyl (C=O) groups is 1. The lowest BCUT2D eigenvalue weighted by atomic mass is 9.95. The molecule has 1 fully saturated rings. The lowest BCUT2D eigenvalue weighted by molar-refractivity contribution is -0.125. The smallest absolute Gasteiger partial charge is 0.224 e. The lowest BCUT2D eigenvalue weighted by Gasteiger charge is -2.33. The van der Waals surface area contributed by atoms with Crippen LogP contribution in [0.25, 0.3) is 5.52 Å². The molecule has 1 aromatic carbocycles. The zero-order chi connectivity index (χ0) is 20.3. The van der Waals surface area contributed by atoms with Gasteiger partial charge >= 0.3 is 0 Å². The number of rotatable bonds is 5. The molecule has 2 aromatic heterocycles. The van der Waals surface area contributed by atoms with E-state index < -0.39 is 0 Å². The minimum absolute atomic E-state index is 0.00956. The first-order chi connectivity index (χ1) is 14.8. The Labute approximate surface area is 177 Å². The van der Waals surface area contributed by atoms with E-state index in [2.05, 4.69) is 22.3 Å². The van der Waals surface area contributed by atoms with Gasteiger partial charge in [0.25, 0.3) is 0 Å². The summed E-state index contributed by atoms with van der Waals surface area (Å²) in [6, 6.07) is 10.3. The fourth-order valence-corrected chi connectivity index (χ4v) is 4.88. The first kappa shape index (κ1) is 19.1. The standard InChI is InChI=1S/C24H29N5O/c30-24(26-13-12-18-7-2-1-3-8-18)19-9-6-15-28(17-19)23-22-20-10-4-5-11-21(20)27-29(22)16-14-25-23/h1-3,7-8,14,16,19H,4-6,9-13,15,17H2,(H,26,30). The van der Waals surface area contributed by atoms with Crippen molar-refractivity contribution >= 4 is 17.2 Å². The topological polar surface area (TPSA) is 62.5 Å². The third-order valence-corrected chi connectivity index (χ3v) is 6.45. The van der Waals surface area contributed by atoms with Crippen molar-refractivity contribution < 1.29 is 4.79 Å². The molecular weight excluding hydrogens is 374 g/mol. The first-order valence-corrected chi connectivity index (χ1v) is 11.2. The van der Waals surface area contributed by atoms with Crippen molar-refractivity contribution in [1.29, 1.82) is 0 Å². The number of carbonyl (C=O) groups excluding carboxylic acids is 1. The number of piperidine rings is 1. The van der Waals surface area contributed by atoms with E-state index in [9.17, 15) is 4.79 Å². The fourth-order valence-electron chi connectivity index (χ4n) is 4.88. The molecule has 0 bridgehead atoms. The molecule has 5 rings (SSSR count). The molecular formula is C24H29N5O. The van der Waals surface area contributed by atoms with E-state index in [0.717, 1.165) is 56.5 Å². The summed E-state index contributed by atoms with van der Waals surface area (Å²) in [5.41, 5.74) is 4.99. The van der Waals surface area contributed by atoms with Crippen molar-refractivity contribution in [3.63, 3.8) is 0 Å². The Bertz CT molecular complexity index is 1030. The van der Waals surface area contributed by atoms with Gasteiger partial charge in [0.05, 0.1) is 11.6 Å². The van der Waals surface area contributed by atoms with Gasteiger partial charge in [-0.05, 0) is 50.5 Å². The molecule has 1 aliphatic heterocycles.